The van der Waals surface area contributed by atoms with Crippen molar-refractivity contribution >= 4 is 28.6 Å². The van der Waals surface area contributed by atoms with Gasteiger partial charge in [0.15, 0.2) is 0 Å². The molecule has 0 N–H and O–H groups in total. The first kappa shape index (κ1) is 16.2. The van der Waals surface area contributed by atoms with Gasteiger partial charge in [0, 0.05) is 29.9 Å². The average Bonchev–Trinajstić information content (AvgIpc) is 2.42. The van der Waals surface area contributed by atoms with Gasteiger partial charge in [0.1, 0.15) is 5.75 Å². The summed E-state index contributed by atoms with van der Waals surface area (Å²) < 4.78 is 5.26. The van der Waals surface area contributed by atoms with Gasteiger partial charge in [0.2, 0.25) is 0 Å². The van der Waals surface area contributed by atoms with Crippen LogP contribution in [-0.2, 0) is 5.75 Å². The van der Waals surface area contributed by atoms with Crippen molar-refractivity contribution in [2.45, 2.75) is 25.5 Å². The number of nitrogens with zero attached hydrogens (tertiary/aromatic N) is 1. The largest absolute Gasteiger partial charge is 0.496 e. The first-order chi connectivity index (χ1) is 9.08. The Morgan fingerprint density at radius 2 is 2.21 bits per heavy atom. The van der Waals surface area contributed by atoms with Crippen LogP contribution >= 0.6 is 23.4 Å². The highest BCUT2D eigenvalue weighted by Gasteiger charge is 2.11. The molecule has 0 bridgehead atoms. The zero-order valence-corrected chi connectivity index (χ0v) is 13.2. The molecule has 0 saturated heterocycles. The first-order valence-electron chi connectivity index (χ1n) is 6.28. The molecule has 1 aromatic carbocycles. The Kier molecular flexibility index (Phi) is 7.10. The summed E-state index contributed by atoms with van der Waals surface area (Å²) in [4.78, 5) is 13.7. The number of amides is 1. The molecule has 0 heterocycles. The van der Waals surface area contributed by atoms with Crippen molar-refractivity contribution < 1.29 is 9.53 Å². The monoisotopic (exact) mass is 301 g/mol. The van der Waals surface area contributed by atoms with Gasteiger partial charge in [-0.2, -0.15) is 0 Å². The maximum absolute atomic E-state index is 11.9. The van der Waals surface area contributed by atoms with E-state index >= 15 is 0 Å². The zero-order chi connectivity index (χ0) is 14.3. The number of hydrogen-bond donors (Lipinski definition) is 0. The molecule has 0 atom stereocenters. The van der Waals surface area contributed by atoms with Crippen LogP contribution in [0.2, 0.25) is 5.02 Å². The maximum Gasteiger partial charge on any atom is 0.281 e. The van der Waals surface area contributed by atoms with Crippen LogP contribution in [-0.4, -0.2) is 30.8 Å². The zero-order valence-electron chi connectivity index (χ0n) is 11.6. The molecule has 1 rings (SSSR count). The van der Waals surface area contributed by atoms with Crippen LogP contribution in [0.25, 0.3) is 0 Å². The molecule has 0 saturated carbocycles. The summed E-state index contributed by atoms with van der Waals surface area (Å²) in [6.45, 7) is 2.92. The SMILES string of the molecule is CCCCN(C)C(=O)SCc1ccc(Cl)cc1OC. The lowest BCUT2D eigenvalue weighted by molar-refractivity contribution is 0.233. The van der Waals surface area contributed by atoms with Crippen molar-refractivity contribution in [2.75, 3.05) is 20.7 Å². The van der Waals surface area contributed by atoms with E-state index < -0.39 is 0 Å². The topological polar surface area (TPSA) is 29.5 Å². The number of carbonyl (C=O) groups excluding carboxylic acids is 1. The van der Waals surface area contributed by atoms with Crippen molar-refractivity contribution in [3.8, 4) is 5.75 Å². The van der Waals surface area contributed by atoms with E-state index in [1.807, 2.05) is 19.2 Å². The van der Waals surface area contributed by atoms with Crippen molar-refractivity contribution in [3.63, 3.8) is 0 Å². The third-order valence-corrected chi connectivity index (χ3v) is 4.01. The number of halogens is 1. The molecular weight excluding hydrogens is 282 g/mol. The third-order valence-electron chi connectivity index (χ3n) is 2.76. The van der Waals surface area contributed by atoms with Crippen LogP contribution in [0.5, 0.6) is 5.75 Å². The molecule has 1 amide bonds. The highest BCUT2D eigenvalue weighted by molar-refractivity contribution is 8.12. The molecule has 0 fully saturated rings. The van der Waals surface area contributed by atoms with Gasteiger partial charge in [-0.1, -0.05) is 42.8 Å². The van der Waals surface area contributed by atoms with E-state index in [9.17, 15) is 4.79 Å². The Hall–Kier alpha value is -0.870. The molecule has 5 heteroatoms. The summed E-state index contributed by atoms with van der Waals surface area (Å²) in [6.07, 6.45) is 2.13. The Labute approximate surface area is 124 Å². The number of rotatable bonds is 6. The minimum Gasteiger partial charge on any atom is -0.496 e. The Balaban J connectivity index is 2.54. The van der Waals surface area contributed by atoms with Crippen LogP contribution < -0.4 is 4.74 Å². The molecule has 19 heavy (non-hydrogen) atoms. The number of hydrogen-bond acceptors (Lipinski definition) is 3. The molecule has 0 aromatic heterocycles. The van der Waals surface area contributed by atoms with Gasteiger partial charge < -0.3 is 9.64 Å². The molecule has 0 aliphatic heterocycles. The minimum absolute atomic E-state index is 0.0884. The third kappa shape index (κ3) is 5.33. The van der Waals surface area contributed by atoms with Crippen LogP contribution in [0, 0.1) is 0 Å². The highest BCUT2D eigenvalue weighted by Crippen LogP contribution is 2.27. The van der Waals surface area contributed by atoms with Crippen LogP contribution in [0.4, 0.5) is 4.79 Å². The lowest BCUT2D eigenvalue weighted by Gasteiger charge is -2.16. The van der Waals surface area contributed by atoms with E-state index in [0.29, 0.717) is 10.8 Å². The Bertz CT molecular complexity index is 426. The number of methoxy groups -OCH3 is 1. The van der Waals surface area contributed by atoms with E-state index in [0.717, 1.165) is 30.7 Å². The van der Waals surface area contributed by atoms with Gasteiger partial charge in [-0.05, 0) is 18.6 Å². The number of unbranched alkanes of at least 4 members (excludes halogenated alkanes) is 1. The Morgan fingerprint density at radius 3 is 2.84 bits per heavy atom. The molecule has 0 aliphatic carbocycles. The highest BCUT2D eigenvalue weighted by atomic mass is 35.5. The van der Waals surface area contributed by atoms with Gasteiger partial charge >= 0.3 is 0 Å². The predicted octanol–water partition coefficient (Wildman–Crippen LogP) is 4.43. The van der Waals surface area contributed by atoms with Gasteiger partial charge in [-0.3, -0.25) is 4.79 Å². The van der Waals surface area contributed by atoms with Gasteiger partial charge in [-0.25, -0.2) is 0 Å². The summed E-state index contributed by atoms with van der Waals surface area (Å²) in [5, 5.41) is 0.724. The van der Waals surface area contributed by atoms with Gasteiger partial charge in [-0.15, -0.1) is 0 Å². The van der Waals surface area contributed by atoms with Crippen molar-refractivity contribution in [1.29, 1.82) is 0 Å². The van der Waals surface area contributed by atoms with Crippen LogP contribution in [0.1, 0.15) is 25.3 Å². The standard InChI is InChI=1S/C14H20ClNO2S/c1-4-5-8-16(2)14(17)19-10-11-6-7-12(15)9-13(11)18-3/h6-7,9H,4-5,8,10H2,1-3H3. The molecule has 0 spiro atoms. The number of ether oxygens (including phenoxy) is 1. The molecule has 0 radical (unpaired) electrons. The second kappa shape index (κ2) is 8.33. The summed E-state index contributed by atoms with van der Waals surface area (Å²) in [5.41, 5.74) is 0.981. The van der Waals surface area contributed by atoms with E-state index in [1.165, 1.54) is 11.8 Å². The second-order valence-electron chi connectivity index (χ2n) is 4.29. The van der Waals surface area contributed by atoms with Crippen molar-refractivity contribution in [2.24, 2.45) is 0 Å². The Morgan fingerprint density at radius 1 is 1.47 bits per heavy atom. The van der Waals surface area contributed by atoms with Crippen molar-refractivity contribution in [1.82, 2.24) is 4.90 Å². The normalized spacial score (nSPS) is 10.3. The fourth-order valence-electron chi connectivity index (χ4n) is 1.57. The van der Waals surface area contributed by atoms with E-state index in [4.69, 9.17) is 16.3 Å². The summed E-state index contributed by atoms with van der Waals surface area (Å²) in [6, 6.07) is 5.47. The quantitative estimate of drug-likeness (QED) is 0.778. The maximum atomic E-state index is 11.9. The molecular formula is C14H20ClNO2S. The van der Waals surface area contributed by atoms with Crippen molar-refractivity contribution in [3.05, 3.63) is 28.8 Å². The minimum atomic E-state index is 0.0884. The molecule has 0 unspecified atom stereocenters. The summed E-state index contributed by atoms with van der Waals surface area (Å²) in [7, 11) is 3.44. The smallest absolute Gasteiger partial charge is 0.281 e. The fourth-order valence-corrected chi connectivity index (χ4v) is 2.57. The lowest BCUT2D eigenvalue weighted by atomic mass is 10.2. The van der Waals surface area contributed by atoms with Gasteiger partial charge in [0.25, 0.3) is 5.24 Å². The van der Waals surface area contributed by atoms with Crippen LogP contribution in [0.15, 0.2) is 18.2 Å². The number of carbonyl (C=O) groups is 1. The first-order valence-corrected chi connectivity index (χ1v) is 7.65. The molecule has 3 nitrogen and oxygen atoms in total. The molecule has 0 aliphatic rings. The van der Waals surface area contributed by atoms with E-state index in [1.54, 1.807) is 18.1 Å². The molecule has 1 aromatic rings. The summed E-state index contributed by atoms with van der Waals surface area (Å²) >= 11 is 7.19. The lowest BCUT2D eigenvalue weighted by Crippen LogP contribution is -2.23. The van der Waals surface area contributed by atoms with E-state index in [-0.39, 0.29) is 5.24 Å². The predicted molar refractivity (Wildman–Crippen MR) is 82.2 cm³/mol. The number of thioether (sulfide) groups is 1. The number of benzene rings is 1. The van der Waals surface area contributed by atoms with Gasteiger partial charge in [0.05, 0.1) is 7.11 Å². The average molecular weight is 302 g/mol. The summed E-state index contributed by atoms with van der Waals surface area (Å²) in [5.74, 6) is 1.32. The fraction of sp³-hybridized carbons (Fsp3) is 0.500. The molecule has 106 valence electrons. The van der Waals surface area contributed by atoms with Crippen LogP contribution in [0.3, 0.4) is 0 Å². The second-order valence-corrected chi connectivity index (χ2v) is 5.65. The van der Waals surface area contributed by atoms with E-state index in [2.05, 4.69) is 6.92 Å².